The van der Waals surface area contributed by atoms with Crippen molar-refractivity contribution in [3.63, 3.8) is 0 Å². The number of rotatable bonds is 6. The first-order chi connectivity index (χ1) is 9.65. The molecular formula is C12H13NO8. The van der Waals surface area contributed by atoms with Gasteiger partial charge in [-0.2, -0.15) is 0 Å². The van der Waals surface area contributed by atoms with E-state index < -0.39 is 48.5 Å². The number of carboxylic acid groups (broad SMARTS) is 4. The van der Waals surface area contributed by atoms with Crippen molar-refractivity contribution in [2.75, 3.05) is 0 Å². The summed E-state index contributed by atoms with van der Waals surface area (Å²) in [5.74, 6) is -5.04. The first-order valence-electron chi connectivity index (χ1n) is 5.77. The van der Waals surface area contributed by atoms with Crippen LogP contribution >= 0.6 is 0 Å². The van der Waals surface area contributed by atoms with Gasteiger partial charge in [0.15, 0.2) is 0 Å². The Morgan fingerprint density at radius 2 is 1.52 bits per heavy atom. The van der Waals surface area contributed by atoms with Crippen LogP contribution in [-0.4, -0.2) is 49.0 Å². The summed E-state index contributed by atoms with van der Waals surface area (Å²) in [6.45, 7) is 1.31. The minimum absolute atomic E-state index is 0.0393. The molecule has 0 saturated heterocycles. The number of hydrogen-bond donors (Lipinski definition) is 4. The second kappa shape index (κ2) is 6.07. The van der Waals surface area contributed by atoms with Gasteiger partial charge in [-0.15, -0.1) is 0 Å². The largest absolute Gasteiger partial charge is 0.481 e. The summed E-state index contributed by atoms with van der Waals surface area (Å²) in [5.41, 5.74) is -0.407. The lowest BCUT2D eigenvalue weighted by molar-refractivity contribution is -0.139. The zero-order valence-corrected chi connectivity index (χ0v) is 10.9. The minimum atomic E-state index is -1.55. The van der Waals surface area contributed by atoms with Crippen LogP contribution in [0.5, 0.6) is 0 Å². The van der Waals surface area contributed by atoms with E-state index in [1.54, 1.807) is 0 Å². The van der Waals surface area contributed by atoms with Crippen LogP contribution in [0.2, 0.25) is 0 Å². The molecule has 0 radical (unpaired) electrons. The fourth-order valence-corrected chi connectivity index (χ4v) is 2.16. The van der Waals surface area contributed by atoms with Crippen LogP contribution in [-0.2, 0) is 9.59 Å². The summed E-state index contributed by atoms with van der Waals surface area (Å²) >= 11 is 0. The van der Waals surface area contributed by atoms with E-state index in [1.807, 2.05) is 0 Å². The maximum Gasteiger partial charge on any atom is 0.416 e. The Hall–Kier alpha value is -2.84. The number of nitrogens with zero attached hydrogens (tertiary/aromatic N) is 1. The highest BCUT2D eigenvalue weighted by atomic mass is 16.4. The highest BCUT2D eigenvalue weighted by molar-refractivity contribution is 5.92. The van der Waals surface area contributed by atoms with Crippen LogP contribution in [0.15, 0.2) is 6.20 Å². The fraction of sp³-hybridized carbons (Fsp3) is 0.333. The fourth-order valence-electron chi connectivity index (χ4n) is 2.16. The van der Waals surface area contributed by atoms with Gasteiger partial charge in [0.05, 0.1) is 12.8 Å². The van der Waals surface area contributed by atoms with Gasteiger partial charge in [-0.1, -0.05) is 0 Å². The number of hydrogen-bond acceptors (Lipinski definition) is 4. The Morgan fingerprint density at radius 1 is 1.05 bits per heavy atom. The minimum Gasteiger partial charge on any atom is -0.481 e. The van der Waals surface area contributed by atoms with Gasteiger partial charge in [0.1, 0.15) is 5.69 Å². The Morgan fingerprint density at radius 3 is 1.81 bits per heavy atom. The van der Waals surface area contributed by atoms with Crippen LogP contribution in [0.25, 0.3) is 0 Å². The van der Waals surface area contributed by atoms with Crippen molar-refractivity contribution in [3.8, 4) is 0 Å². The zero-order chi connectivity index (χ0) is 16.3. The number of carboxylic acids is 3. The lowest BCUT2D eigenvalue weighted by atomic mass is 9.91. The lowest BCUT2D eigenvalue weighted by Crippen LogP contribution is -2.15. The van der Waals surface area contributed by atoms with E-state index in [0.717, 1.165) is 6.20 Å². The average molecular weight is 299 g/mol. The van der Waals surface area contributed by atoms with Crippen LogP contribution in [0, 0.1) is 6.92 Å². The first-order valence-corrected chi connectivity index (χ1v) is 5.77. The Bertz CT molecular complexity index is 599. The highest BCUT2D eigenvalue weighted by Gasteiger charge is 2.28. The molecule has 0 fully saturated rings. The predicted molar refractivity (Wildman–Crippen MR) is 66.8 cm³/mol. The van der Waals surface area contributed by atoms with Gasteiger partial charge in [-0.25, -0.2) is 14.2 Å². The molecule has 0 bridgehead atoms. The molecular weight excluding hydrogens is 286 g/mol. The molecule has 0 saturated carbocycles. The van der Waals surface area contributed by atoms with Gasteiger partial charge in [-0.05, 0) is 18.1 Å². The summed E-state index contributed by atoms with van der Waals surface area (Å²) in [6, 6.07) is 0. The average Bonchev–Trinajstić information content (AvgIpc) is 2.64. The topological polar surface area (TPSA) is 154 Å². The monoisotopic (exact) mass is 299 g/mol. The Labute approximate surface area is 118 Å². The summed E-state index contributed by atoms with van der Waals surface area (Å²) in [6.07, 6.45) is -1.69. The van der Waals surface area contributed by atoms with Crippen molar-refractivity contribution in [2.45, 2.75) is 25.7 Å². The zero-order valence-electron chi connectivity index (χ0n) is 10.9. The van der Waals surface area contributed by atoms with Gasteiger partial charge in [0.2, 0.25) is 0 Å². The van der Waals surface area contributed by atoms with E-state index >= 15 is 0 Å². The number of aromatic carboxylic acids is 1. The summed E-state index contributed by atoms with van der Waals surface area (Å²) in [5, 5.41) is 35.6. The molecule has 1 rings (SSSR count). The lowest BCUT2D eigenvalue weighted by Gasteiger charge is -2.12. The van der Waals surface area contributed by atoms with Gasteiger partial charge in [0, 0.05) is 12.1 Å². The SMILES string of the molecule is Cc1c(C(CC(=O)O)CC(=O)O)cn(C(=O)O)c1C(=O)O. The summed E-state index contributed by atoms with van der Waals surface area (Å²) in [7, 11) is 0. The number of aliphatic carboxylic acids is 2. The molecule has 4 N–H and O–H groups in total. The van der Waals surface area contributed by atoms with Gasteiger partial charge in [0.25, 0.3) is 0 Å². The standard InChI is InChI=1S/C12H13NO8/c1-5-7(6(2-8(14)15)3-9(16)17)4-13(12(20)21)10(5)11(18)19/h4,6H,2-3H2,1H3,(H,14,15)(H,16,17)(H,18,19)(H,20,21). The van der Waals surface area contributed by atoms with Crippen molar-refractivity contribution in [2.24, 2.45) is 0 Å². The molecule has 9 heteroatoms. The molecule has 1 aromatic rings. The van der Waals surface area contributed by atoms with Crippen molar-refractivity contribution in [1.82, 2.24) is 4.57 Å². The maximum absolute atomic E-state index is 11.1. The van der Waals surface area contributed by atoms with E-state index in [2.05, 4.69) is 0 Å². The summed E-state index contributed by atoms with van der Waals surface area (Å²) < 4.78 is 0.448. The van der Waals surface area contributed by atoms with Crippen molar-refractivity contribution >= 4 is 24.0 Å². The quantitative estimate of drug-likeness (QED) is 0.607. The van der Waals surface area contributed by atoms with Crippen LogP contribution in [0.3, 0.4) is 0 Å². The second-order valence-electron chi connectivity index (χ2n) is 4.41. The molecule has 1 heterocycles. The predicted octanol–water partition coefficient (Wildman–Crippen LogP) is 1.05. The molecule has 0 aliphatic carbocycles. The third-order valence-corrected chi connectivity index (χ3v) is 2.99. The molecule has 0 unspecified atom stereocenters. The number of carbonyl (C=O) groups is 4. The number of aromatic nitrogens is 1. The Balaban J connectivity index is 3.41. The van der Waals surface area contributed by atoms with Gasteiger partial charge in [-0.3, -0.25) is 9.59 Å². The second-order valence-corrected chi connectivity index (χ2v) is 4.41. The van der Waals surface area contributed by atoms with E-state index in [0.29, 0.717) is 4.57 Å². The van der Waals surface area contributed by atoms with E-state index in [1.165, 1.54) is 6.92 Å². The van der Waals surface area contributed by atoms with Gasteiger partial charge < -0.3 is 20.4 Å². The molecule has 9 nitrogen and oxygen atoms in total. The van der Waals surface area contributed by atoms with Crippen LogP contribution < -0.4 is 0 Å². The maximum atomic E-state index is 11.1. The highest BCUT2D eigenvalue weighted by Crippen LogP contribution is 2.30. The molecule has 0 amide bonds. The molecule has 21 heavy (non-hydrogen) atoms. The molecule has 0 atom stereocenters. The summed E-state index contributed by atoms with van der Waals surface area (Å²) in [4.78, 5) is 43.7. The van der Waals surface area contributed by atoms with Crippen LogP contribution in [0.1, 0.15) is 40.4 Å². The molecule has 0 aliphatic heterocycles. The Kier molecular flexibility index (Phi) is 4.69. The van der Waals surface area contributed by atoms with Crippen molar-refractivity contribution < 1.29 is 39.6 Å². The molecule has 1 aromatic heterocycles. The van der Waals surface area contributed by atoms with Crippen molar-refractivity contribution in [1.29, 1.82) is 0 Å². The smallest absolute Gasteiger partial charge is 0.416 e. The molecule has 114 valence electrons. The molecule has 0 spiro atoms. The third-order valence-electron chi connectivity index (χ3n) is 2.99. The van der Waals surface area contributed by atoms with E-state index in [4.69, 9.17) is 20.4 Å². The van der Waals surface area contributed by atoms with E-state index in [-0.39, 0.29) is 11.1 Å². The van der Waals surface area contributed by atoms with Crippen LogP contribution in [0.4, 0.5) is 4.79 Å². The van der Waals surface area contributed by atoms with E-state index in [9.17, 15) is 19.2 Å². The normalized spacial score (nSPS) is 10.6. The van der Waals surface area contributed by atoms with Crippen molar-refractivity contribution in [3.05, 3.63) is 23.0 Å². The van der Waals surface area contributed by atoms with Gasteiger partial charge >= 0.3 is 24.0 Å². The molecule has 0 aromatic carbocycles. The third kappa shape index (κ3) is 3.59. The molecule has 0 aliphatic rings. The first kappa shape index (κ1) is 16.2.